The summed E-state index contributed by atoms with van der Waals surface area (Å²) in [6.45, 7) is 7.71. The summed E-state index contributed by atoms with van der Waals surface area (Å²) in [6.07, 6.45) is 35.6. The molecule has 8 nitrogen and oxygen atoms in total. The van der Waals surface area contributed by atoms with Gasteiger partial charge in [-0.1, -0.05) is 179 Å². The molecule has 0 atom stereocenters. The van der Waals surface area contributed by atoms with Crippen molar-refractivity contribution in [3.05, 3.63) is 81.5 Å². The first kappa shape index (κ1) is 57.6. The van der Waals surface area contributed by atoms with Crippen LogP contribution in [0, 0.1) is 0 Å². The van der Waals surface area contributed by atoms with Crippen LogP contribution >= 0.6 is 57.1 Å². The Bertz CT molecular complexity index is 3290. The molecule has 0 aliphatic rings. The predicted molar refractivity (Wildman–Crippen MR) is 343 cm³/mol. The molecule has 0 fully saturated rings. The van der Waals surface area contributed by atoms with Gasteiger partial charge in [-0.3, -0.25) is 9.59 Å². The fourth-order valence-corrected chi connectivity index (χ4v) is 18.4. The fraction of sp³-hybridized carbons (Fsp3) is 0.515. The first-order valence-corrected chi connectivity index (χ1v) is 34.4. The Morgan fingerprint density at radius 1 is 0.405 bits per heavy atom. The Morgan fingerprint density at radius 3 is 1.16 bits per heavy atom. The number of carbonyl (C=O) groups excluding carboxylic acids is 2. The summed E-state index contributed by atoms with van der Waals surface area (Å²) in [7, 11) is 0. The van der Waals surface area contributed by atoms with E-state index in [-0.39, 0.29) is 0 Å². The highest BCUT2D eigenvalue weighted by Crippen LogP contribution is 2.54. The summed E-state index contributed by atoms with van der Waals surface area (Å²) in [6, 6.07) is 20.3. The molecule has 0 spiro atoms. The molecular formula is C66H82N4O4S5. The zero-order valence-corrected chi connectivity index (χ0v) is 51.1. The standard InChI is InChI=1S/C66H82N4O4S5/c1-3-5-7-9-11-13-15-17-29-39-49-51(45-71)75-65-59-63(77-61(49)65)53-55-56(68-79-67-55)54-58(57(53)69(59)41-31-19-21-33-43-73-47-35-25-23-26-36-47)70(42-32-20-22-34-44-74-48-37-27-24-28-38-48)60-64(54)78-62-50(52(46-72)76-66(60)62)40-30-18-16-14-12-10-8-6-4-2/h23-28,35-38,45-46H,3-22,29-34,39-44H2,1-2H3. The lowest BCUT2D eigenvalue weighted by atomic mass is 10.0. The lowest BCUT2D eigenvalue weighted by molar-refractivity contribution is 0.111. The van der Waals surface area contributed by atoms with Gasteiger partial charge in [0.25, 0.3) is 0 Å². The number of aryl methyl sites for hydroxylation is 4. The van der Waals surface area contributed by atoms with E-state index >= 15 is 0 Å². The highest BCUT2D eigenvalue weighted by Gasteiger charge is 2.31. The minimum absolute atomic E-state index is 0.709. The number of aldehydes is 2. The van der Waals surface area contributed by atoms with Gasteiger partial charge in [0.05, 0.1) is 85.0 Å². The molecule has 0 aliphatic carbocycles. The SMILES string of the molecule is CCCCCCCCCCCc1c(C=O)sc2c1sc1c3c4nsnc4c4c5sc6c(CCCCCCCCCCC)c(C=O)sc6c5n(CCCCCCOc5ccccc5)c4c3n(CCCCCCOc3ccccc3)c21. The minimum atomic E-state index is 0.709. The molecule has 0 amide bonds. The first-order chi connectivity index (χ1) is 39.1. The van der Waals surface area contributed by atoms with Crippen LogP contribution in [-0.2, 0) is 25.9 Å². The molecule has 420 valence electrons. The van der Waals surface area contributed by atoms with Crippen LogP contribution in [0.15, 0.2) is 60.7 Å². The highest BCUT2D eigenvalue weighted by molar-refractivity contribution is 7.35. The number of carbonyl (C=O) groups is 2. The number of hydrogen-bond donors (Lipinski definition) is 0. The first-order valence-electron chi connectivity index (χ1n) is 30.4. The number of rotatable bonds is 38. The van der Waals surface area contributed by atoms with E-state index in [2.05, 4.69) is 23.0 Å². The van der Waals surface area contributed by atoms with Gasteiger partial charge in [-0.05, 0) is 86.8 Å². The van der Waals surface area contributed by atoms with Crippen LogP contribution in [0.4, 0.5) is 0 Å². The topological polar surface area (TPSA) is 88.2 Å². The van der Waals surface area contributed by atoms with E-state index < -0.39 is 0 Å². The van der Waals surface area contributed by atoms with E-state index in [9.17, 15) is 9.59 Å². The largest absolute Gasteiger partial charge is 0.494 e. The molecule has 0 bridgehead atoms. The summed E-state index contributed by atoms with van der Waals surface area (Å²) in [5, 5.41) is 2.42. The van der Waals surface area contributed by atoms with Crippen molar-refractivity contribution in [3.63, 3.8) is 0 Å². The molecule has 7 heterocycles. The third-order valence-corrected chi connectivity index (χ3v) is 21.9. The molecule has 0 saturated carbocycles. The van der Waals surface area contributed by atoms with Crippen molar-refractivity contribution < 1.29 is 19.1 Å². The number of fused-ring (bicyclic) bond motifs is 14. The van der Waals surface area contributed by atoms with Crippen molar-refractivity contribution in [3.8, 4) is 11.5 Å². The van der Waals surface area contributed by atoms with E-state index in [0.717, 1.165) is 135 Å². The Balaban J connectivity index is 1.03. The van der Waals surface area contributed by atoms with Gasteiger partial charge in [0.1, 0.15) is 22.5 Å². The minimum Gasteiger partial charge on any atom is -0.494 e. The zero-order valence-electron chi connectivity index (χ0n) is 47.0. The van der Waals surface area contributed by atoms with Gasteiger partial charge in [-0.25, -0.2) is 0 Å². The molecule has 0 unspecified atom stereocenters. The molecule has 0 radical (unpaired) electrons. The highest BCUT2D eigenvalue weighted by atomic mass is 32.1. The Labute approximate surface area is 488 Å². The van der Waals surface area contributed by atoms with Crippen molar-refractivity contribution in [2.75, 3.05) is 13.2 Å². The summed E-state index contributed by atoms with van der Waals surface area (Å²) in [4.78, 5) is 27.9. The molecule has 10 rings (SSSR count). The van der Waals surface area contributed by atoms with Crippen molar-refractivity contribution in [2.45, 2.75) is 207 Å². The number of aromatic nitrogens is 4. The Morgan fingerprint density at radius 2 is 0.772 bits per heavy atom. The second kappa shape index (κ2) is 29.4. The van der Waals surface area contributed by atoms with Gasteiger partial charge in [0.2, 0.25) is 0 Å². The van der Waals surface area contributed by atoms with E-state index in [1.54, 1.807) is 22.7 Å². The van der Waals surface area contributed by atoms with Crippen LogP contribution < -0.4 is 9.47 Å². The number of thiophene rings is 4. The number of benzene rings is 3. The normalized spacial score (nSPS) is 12.1. The zero-order chi connectivity index (χ0) is 54.2. The van der Waals surface area contributed by atoms with Gasteiger partial charge in [0, 0.05) is 23.9 Å². The van der Waals surface area contributed by atoms with Gasteiger partial charge < -0.3 is 18.6 Å². The maximum absolute atomic E-state index is 13.1. The fourth-order valence-electron chi connectivity index (χ4n) is 12.2. The molecule has 10 aromatic rings. The Kier molecular flexibility index (Phi) is 21.4. The Hall–Kier alpha value is -4.66. The van der Waals surface area contributed by atoms with Crippen LogP contribution in [0.3, 0.4) is 0 Å². The summed E-state index contributed by atoms with van der Waals surface area (Å²) >= 11 is 8.55. The van der Waals surface area contributed by atoms with Crippen molar-refractivity contribution in [1.82, 2.24) is 17.9 Å². The quantitative estimate of drug-likeness (QED) is 0.0283. The van der Waals surface area contributed by atoms with Crippen molar-refractivity contribution >= 4 is 142 Å². The number of unbranched alkanes of at least 4 members (excludes halogenated alkanes) is 22. The molecule has 13 heteroatoms. The molecule has 79 heavy (non-hydrogen) atoms. The van der Waals surface area contributed by atoms with Gasteiger partial charge in [-0.2, -0.15) is 8.75 Å². The average Bonchev–Trinajstić information content (AvgIpc) is 3.92. The van der Waals surface area contributed by atoms with E-state index in [1.807, 2.05) is 83.3 Å². The number of hydrogen-bond acceptors (Lipinski definition) is 11. The molecule has 0 aliphatic heterocycles. The maximum Gasteiger partial charge on any atom is 0.160 e. The third-order valence-electron chi connectivity index (χ3n) is 16.3. The van der Waals surface area contributed by atoms with Gasteiger partial charge >= 0.3 is 0 Å². The van der Waals surface area contributed by atoms with Gasteiger partial charge in [-0.15, -0.1) is 45.3 Å². The third kappa shape index (κ3) is 13.3. The van der Waals surface area contributed by atoms with Gasteiger partial charge in [0.15, 0.2) is 12.6 Å². The predicted octanol–water partition coefficient (Wildman–Crippen LogP) is 21.5. The van der Waals surface area contributed by atoms with Crippen LogP contribution in [0.25, 0.3) is 72.1 Å². The molecule has 3 aromatic carbocycles. The number of nitrogens with zero attached hydrogens (tertiary/aromatic N) is 4. The lowest BCUT2D eigenvalue weighted by Crippen LogP contribution is -2.03. The van der Waals surface area contributed by atoms with E-state index in [4.69, 9.17) is 18.2 Å². The molecule has 0 N–H and O–H groups in total. The molecule has 0 saturated heterocycles. The van der Waals surface area contributed by atoms with E-state index in [1.165, 1.54) is 187 Å². The maximum atomic E-state index is 13.1. The second-order valence-corrected chi connectivity index (χ2v) is 26.7. The molecule has 7 aromatic heterocycles. The van der Waals surface area contributed by atoms with Crippen molar-refractivity contribution in [2.24, 2.45) is 0 Å². The summed E-state index contributed by atoms with van der Waals surface area (Å²) in [5.74, 6) is 1.86. The second-order valence-electron chi connectivity index (χ2n) is 22.0. The van der Waals surface area contributed by atoms with Crippen LogP contribution in [0.1, 0.15) is 211 Å². The van der Waals surface area contributed by atoms with Crippen LogP contribution in [-0.4, -0.2) is 43.7 Å². The number of ether oxygens (including phenoxy) is 2. The summed E-state index contributed by atoms with van der Waals surface area (Å²) in [5.41, 5.74) is 9.51. The monoisotopic (exact) mass is 1150 g/mol. The van der Waals surface area contributed by atoms with Crippen molar-refractivity contribution in [1.29, 1.82) is 0 Å². The molecular weight excluding hydrogens is 1070 g/mol. The summed E-state index contributed by atoms with van der Waals surface area (Å²) < 4.78 is 35.7. The smallest absolute Gasteiger partial charge is 0.160 e. The number of para-hydroxylation sites is 2. The van der Waals surface area contributed by atoms with Crippen LogP contribution in [0.5, 0.6) is 11.5 Å². The average molecular weight is 1160 g/mol. The van der Waals surface area contributed by atoms with Crippen LogP contribution in [0.2, 0.25) is 0 Å². The lowest BCUT2D eigenvalue weighted by Gasteiger charge is -2.13. The van der Waals surface area contributed by atoms with E-state index in [0.29, 0.717) is 13.2 Å².